The highest BCUT2D eigenvalue weighted by Gasteiger charge is 2.45. The van der Waals surface area contributed by atoms with E-state index in [4.69, 9.17) is 9.47 Å². The summed E-state index contributed by atoms with van der Waals surface area (Å²) in [6, 6.07) is 21.0. The Kier molecular flexibility index (Phi) is 9.85. The molecule has 11 nitrogen and oxygen atoms in total. The van der Waals surface area contributed by atoms with Crippen molar-refractivity contribution in [3.8, 4) is 5.75 Å². The van der Waals surface area contributed by atoms with Gasteiger partial charge in [-0.2, -0.15) is 0 Å². The summed E-state index contributed by atoms with van der Waals surface area (Å²) < 4.78 is 11.1. The fourth-order valence-corrected chi connectivity index (χ4v) is 5.17. The van der Waals surface area contributed by atoms with Crippen LogP contribution in [0.4, 0.5) is 10.5 Å². The van der Waals surface area contributed by atoms with Crippen molar-refractivity contribution in [3.63, 3.8) is 0 Å². The largest absolute Gasteiger partial charge is 0.494 e. The smallest absolute Gasteiger partial charge is 0.407 e. The molecule has 2 aliphatic rings. The minimum absolute atomic E-state index is 0.0767. The monoisotopic (exact) mass is 598 g/mol. The van der Waals surface area contributed by atoms with Crippen molar-refractivity contribution in [1.29, 1.82) is 0 Å². The van der Waals surface area contributed by atoms with Gasteiger partial charge in [0.05, 0.1) is 17.7 Å². The Balaban J connectivity index is 1.01. The van der Waals surface area contributed by atoms with Gasteiger partial charge < -0.3 is 20.1 Å². The third kappa shape index (κ3) is 7.41. The van der Waals surface area contributed by atoms with E-state index in [1.165, 1.54) is 0 Å². The van der Waals surface area contributed by atoms with Crippen LogP contribution in [0.5, 0.6) is 5.75 Å². The lowest BCUT2D eigenvalue weighted by atomic mass is 10.0. The molecule has 2 aliphatic heterocycles. The Bertz CT molecular complexity index is 1540. The van der Waals surface area contributed by atoms with Crippen LogP contribution in [0, 0.1) is 0 Å². The molecule has 11 heteroatoms. The maximum Gasteiger partial charge on any atom is 0.407 e. The molecule has 5 rings (SSSR count). The Labute approximate surface area is 254 Å². The van der Waals surface area contributed by atoms with Crippen LogP contribution in [-0.4, -0.2) is 53.8 Å². The molecule has 44 heavy (non-hydrogen) atoms. The van der Waals surface area contributed by atoms with Gasteiger partial charge >= 0.3 is 6.09 Å². The number of imide groups is 2. The Hall–Kier alpha value is -5.19. The fraction of sp³-hybridized carbons (Fsp3) is 0.303. The van der Waals surface area contributed by atoms with E-state index in [0.29, 0.717) is 31.1 Å². The van der Waals surface area contributed by atoms with Crippen LogP contribution < -0.4 is 20.7 Å². The molecule has 0 radical (unpaired) electrons. The molecule has 1 saturated heterocycles. The van der Waals surface area contributed by atoms with Crippen LogP contribution in [-0.2, 0) is 27.5 Å². The number of nitrogens with zero attached hydrogens (tertiary/aromatic N) is 1. The number of unbranched alkanes of at least 4 members (excludes halogenated alkanes) is 2. The van der Waals surface area contributed by atoms with E-state index >= 15 is 0 Å². The SMILES string of the molecule is O=C1CCC(N2C(=O)c3cccc(NCCCCCOc4cccc(CNC(=O)OCc5ccccc5)c4)c3C2=O)C(=O)N1. The number of ether oxygens (including phenoxy) is 2. The first-order valence-corrected chi connectivity index (χ1v) is 14.7. The molecule has 3 aromatic rings. The molecule has 1 unspecified atom stereocenters. The van der Waals surface area contributed by atoms with Crippen molar-refractivity contribution in [2.75, 3.05) is 18.5 Å². The third-order valence-electron chi connectivity index (χ3n) is 7.42. The number of hydrogen-bond donors (Lipinski definition) is 3. The zero-order valence-corrected chi connectivity index (χ0v) is 24.2. The van der Waals surface area contributed by atoms with Crippen molar-refractivity contribution in [2.24, 2.45) is 0 Å². The van der Waals surface area contributed by atoms with Gasteiger partial charge in [0.1, 0.15) is 18.4 Å². The summed E-state index contributed by atoms with van der Waals surface area (Å²) in [7, 11) is 0. The van der Waals surface area contributed by atoms with Crippen LogP contribution in [0.2, 0.25) is 0 Å². The lowest BCUT2D eigenvalue weighted by Crippen LogP contribution is -2.54. The summed E-state index contributed by atoms with van der Waals surface area (Å²) in [4.78, 5) is 63.0. The minimum atomic E-state index is -0.994. The van der Waals surface area contributed by atoms with Gasteiger partial charge in [0.15, 0.2) is 0 Å². The number of rotatable bonds is 13. The molecule has 3 aromatic carbocycles. The standard InChI is InChI=1S/C33H34N4O7/c38-28-16-15-27(30(39)36-28)37-31(40)25-13-8-14-26(29(25)32(37)41)34-17-5-2-6-18-43-24-12-7-11-23(19-24)20-35-33(42)44-21-22-9-3-1-4-10-22/h1,3-4,7-14,19,27,34H,2,5-6,15-18,20-21H2,(H,35,42)(H,36,38,39). The molecule has 0 saturated carbocycles. The van der Waals surface area contributed by atoms with Crippen molar-refractivity contribution in [1.82, 2.24) is 15.5 Å². The Morgan fingerprint density at radius 2 is 1.68 bits per heavy atom. The van der Waals surface area contributed by atoms with E-state index in [1.54, 1.807) is 18.2 Å². The van der Waals surface area contributed by atoms with Gasteiger partial charge in [0.25, 0.3) is 11.8 Å². The maximum absolute atomic E-state index is 13.2. The van der Waals surface area contributed by atoms with Crippen molar-refractivity contribution in [2.45, 2.75) is 51.3 Å². The van der Waals surface area contributed by atoms with Crippen LogP contribution in [0.1, 0.15) is 63.9 Å². The number of alkyl carbamates (subject to hydrolysis) is 1. The average molecular weight is 599 g/mol. The summed E-state index contributed by atoms with van der Waals surface area (Å²) in [5.74, 6) is -1.38. The molecular weight excluding hydrogens is 564 g/mol. The predicted octanol–water partition coefficient (Wildman–Crippen LogP) is 4.18. The first-order valence-electron chi connectivity index (χ1n) is 14.7. The molecule has 5 amide bonds. The van der Waals surface area contributed by atoms with E-state index in [1.807, 2.05) is 54.6 Å². The second kappa shape index (κ2) is 14.3. The van der Waals surface area contributed by atoms with Gasteiger partial charge in [0, 0.05) is 25.2 Å². The van der Waals surface area contributed by atoms with Crippen LogP contribution >= 0.6 is 0 Å². The van der Waals surface area contributed by atoms with Crippen LogP contribution in [0.25, 0.3) is 0 Å². The highest BCUT2D eigenvalue weighted by Crippen LogP contribution is 2.32. The van der Waals surface area contributed by atoms with Gasteiger partial charge in [-0.05, 0) is 61.1 Å². The zero-order chi connectivity index (χ0) is 30.9. The van der Waals surface area contributed by atoms with Gasteiger partial charge in [-0.25, -0.2) is 4.79 Å². The number of hydrogen-bond acceptors (Lipinski definition) is 8. The molecule has 1 fully saturated rings. The summed E-state index contributed by atoms with van der Waals surface area (Å²) in [5.41, 5.74) is 2.86. The van der Waals surface area contributed by atoms with Gasteiger partial charge in [-0.1, -0.05) is 48.5 Å². The average Bonchev–Trinajstić information content (AvgIpc) is 3.29. The van der Waals surface area contributed by atoms with Gasteiger partial charge in [-0.3, -0.25) is 29.4 Å². The first-order chi connectivity index (χ1) is 21.4. The topological polar surface area (TPSA) is 143 Å². The van der Waals surface area contributed by atoms with Gasteiger partial charge in [-0.15, -0.1) is 0 Å². The zero-order valence-electron chi connectivity index (χ0n) is 24.2. The van der Waals surface area contributed by atoms with E-state index in [2.05, 4.69) is 16.0 Å². The number of nitrogens with one attached hydrogen (secondary N) is 3. The lowest BCUT2D eigenvalue weighted by molar-refractivity contribution is -0.136. The molecular formula is C33H34N4O7. The Morgan fingerprint density at radius 1 is 0.886 bits per heavy atom. The summed E-state index contributed by atoms with van der Waals surface area (Å²) in [5, 5.41) is 8.21. The molecule has 228 valence electrons. The second-order valence-electron chi connectivity index (χ2n) is 10.6. The van der Waals surface area contributed by atoms with Crippen molar-refractivity contribution in [3.05, 3.63) is 95.1 Å². The number of anilines is 1. The molecule has 3 N–H and O–H groups in total. The number of piperidine rings is 1. The number of carbonyl (C=O) groups is 5. The predicted molar refractivity (Wildman–Crippen MR) is 161 cm³/mol. The molecule has 0 bridgehead atoms. The van der Waals surface area contributed by atoms with E-state index in [9.17, 15) is 24.0 Å². The number of carbonyl (C=O) groups excluding carboxylic acids is 5. The molecule has 0 aromatic heterocycles. The molecule has 0 aliphatic carbocycles. The summed E-state index contributed by atoms with van der Waals surface area (Å²) >= 11 is 0. The maximum atomic E-state index is 13.2. The molecule has 1 atom stereocenters. The van der Waals surface area contributed by atoms with Crippen LogP contribution in [0.3, 0.4) is 0 Å². The number of benzene rings is 3. The minimum Gasteiger partial charge on any atom is -0.494 e. The van der Waals surface area contributed by atoms with Crippen LogP contribution in [0.15, 0.2) is 72.8 Å². The quantitative estimate of drug-likeness (QED) is 0.197. The van der Waals surface area contributed by atoms with Crippen molar-refractivity contribution >= 4 is 35.4 Å². The highest BCUT2D eigenvalue weighted by atomic mass is 16.5. The molecule has 0 spiro atoms. The number of fused-ring (bicyclic) bond motifs is 1. The first kappa shape index (κ1) is 30.3. The lowest BCUT2D eigenvalue weighted by Gasteiger charge is -2.27. The highest BCUT2D eigenvalue weighted by molar-refractivity contribution is 6.25. The van der Waals surface area contributed by atoms with Crippen molar-refractivity contribution < 1.29 is 33.4 Å². The van der Waals surface area contributed by atoms with E-state index in [0.717, 1.165) is 35.3 Å². The Morgan fingerprint density at radius 3 is 2.50 bits per heavy atom. The molecule has 2 heterocycles. The fourth-order valence-electron chi connectivity index (χ4n) is 5.17. The summed E-state index contributed by atoms with van der Waals surface area (Å²) in [6.45, 7) is 1.63. The normalized spacial score (nSPS) is 15.9. The third-order valence-corrected chi connectivity index (χ3v) is 7.42. The number of amides is 5. The van der Waals surface area contributed by atoms with E-state index in [-0.39, 0.29) is 30.6 Å². The summed E-state index contributed by atoms with van der Waals surface area (Å²) in [6.07, 6.45) is 2.19. The second-order valence-corrected chi connectivity index (χ2v) is 10.6. The van der Waals surface area contributed by atoms with E-state index < -0.39 is 35.8 Å². The van der Waals surface area contributed by atoms with Gasteiger partial charge in [0.2, 0.25) is 11.8 Å².